The van der Waals surface area contributed by atoms with Gasteiger partial charge in [-0.05, 0) is 83.5 Å². The van der Waals surface area contributed by atoms with Crippen LogP contribution in [0.4, 0.5) is 0 Å². The molecule has 380 valence electrons. The maximum Gasteiger partial charge on any atom is 0.305 e. The molecule has 0 saturated carbocycles. The normalized spacial score (nSPS) is 13.0. The highest BCUT2D eigenvalue weighted by atomic mass is 16.5. The Morgan fingerprint density at radius 1 is 0.431 bits per heavy atom. The first-order valence-corrected chi connectivity index (χ1v) is 28.4. The molecule has 0 aromatic carbocycles. The van der Waals surface area contributed by atoms with Gasteiger partial charge in [0.2, 0.25) is 5.91 Å². The quantitative estimate of drug-likeness (QED) is 0.0321. The summed E-state index contributed by atoms with van der Waals surface area (Å²) in [5.41, 5.74) is 0. The number of aliphatic hydroxyl groups is 2. The van der Waals surface area contributed by atoms with E-state index in [-0.39, 0.29) is 18.5 Å². The van der Waals surface area contributed by atoms with E-state index >= 15 is 0 Å². The molecule has 0 aromatic heterocycles. The number of aliphatic hydroxyl groups excluding tert-OH is 2. The lowest BCUT2D eigenvalue weighted by atomic mass is 10.0. The fourth-order valence-corrected chi connectivity index (χ4v) is 8.41. The Kier molecular flexibility index (Phi) is 52.6. The van der Waals surface area contributed by atoms with Gasteiger partial charge in [0.25, 0.3) is 0 Å². The molecule has 0 aliphatic carbocycles. The number of ether oxygens (including phenoxy) is 1. The molecule has 65 heavy (non-hydrogen) atoms. The predicted molar refractivity (Wildman–Crippen MR) is 282 cm³/mol. The standard InChI is InChI=1S/C59H109NO5/c1-3-5-7-9-11-13-15-17-19-24-27-31-35-39-43-47-51-57(62)56(55-61)60-58(63)52-48-44-40-36-32-28-25-22-20-21-23-26-30-34-38-42-46-50-54-65-59(64)53-49-45-41-37-33-29-18-16-14-12-10-8-6-4-2/h10,12,16,18,22,25,47,51,56-57,61-62H,3-9,11,13-15,17,19-21,23-24,26-46,48-50,52-55H2,1-2H3,(H,60,63)/b12-10-,18-16-,25-22-,51-47+. The zero-order valence-corrected chi connectivity index (χ0v) is 43.2. The van der Waals surface area contributed by atoms with Crippen molar-refractivity contribution in [2.45, 2.75) is 302 Å². The highest BCUT2D eigenvalue weighted by molar-refractivity contribution is 5.76. The first kappa shape index (κ1) is 62.8. The second kappa shape index (κ2) is 54.4. The number of carbonyl (C=O) groups is 2. The minimum absolute atomic E-state index is 0.0131. The lowest BCUT2D eigenvalue weighted by molar-refractivity contribution is -0.143. The number of amides is 1. The maximum absolute atomic E-state index is 12.4. The van der Waals surface area contributed by atoms with E-state index in [0.717, 1.165) is 70.6 Å². The number of nitrogens with one attached hydrogen (secondary N) is 1. The first-order valence-electron chi connectivity index (χ1n) is 28.4. The molecule has 0 aliphatic heterocycles. The van der Waals surface area contributed by atoms with Gasteiger partial charge in [-0.15, -0.1) is 0 Å². The van der Waals surface area contributed by atoms with Gasteiger partial charge in [-0.2, -0.15) is 0 Å². The molecule has 1 amide bonds. The minimum atomic E-state index is -0.854. The maximum atomic E-state index is 12.4. The van der Waals surface area contributed by atoms with Gasteiger partial charge in [-0.1, -0.05) is 242 Å². The minimum Gasteiger partial charge on any atom is -0.466 e. The molecular formula is C59H109NO5. The summed E-state index contributed by atoms with van der Waals surface area (Å²) in [6, 6.07) is -0.639. The monoisotopic (exact) mass is 912 g/mol. The lowest BCUT2D eigenvalue weighted by Gasteiger charge is -2.20. The van der Waals surface area contributed by atoms with Crippen LogP contribution in [0.25, 0.3) is 0 Å². The number of hydrogen-bond donors (Lipinski definition) is 3. The molecule has 0 aromatic rings. The summed E-state index contributed by atoms with van der Waals surface area (Å²) in [5.74, 6) is -0.0957. The van der Waals surface area contributed by atoms with Crippen LogP contribution >= 0.6 is 0 Å². The van der Waals surface area contributed by atoms with E-state index in [4.69, 9.17) is 4.74 Å². The molecule has 2 unspecified atom stereocenters. The fourth-order valence-electron chi connectivity index (χ4n) is 8.41. The zero-order valence-electron chi connectivity index (χ0n) is 43.2. The number of carbonyl (C=O) groups excluding carboxylic acids is 2. The van der Waals surface area contributed by atoms with Gasteiger partial charge in [0.1, 0.15) is 0 Å². The lowest BCUT2D eigenvalue weighted by Crippen LogP contribution is -2.45. The Morgan fingerprint density at radius 2 is 0.785 bits per heavy atom. The van der Waals surface area contributed by atoms with Gasteiger partial charge in [-0.25, -0.2) is 0 Å². The van der Waals surface area contributed by atoms with E-state index in [9.17, 15) is 19.8 Å². The molecule has 0 aliphatic rings. The second-order valence-corrected chi connectivity index (χ2v) is 19.3. The molecule has 0 spiro atoms. The van der Waals surface area contributed by atoms with Gasteiger partial charge >= 0.3 is 5.97 Å². The third-order valence-electron chi connectivity index (χ3n) is 12.8. The number of unbranched alkanes of at least 4 members (excludes halogenated alkanes) is 35. The first-order chi connectivity index (χ1) is 32.0. The summed E-state index contributed by atoms with van der Waals surface area (Å²) in [5, 5.41) is 23.1. The van der Waals surface area contributed by atoms with Crippen molar-refractivity contribution in [2.75, 3.05) is 13.2 Å². The topological polar surface area (TPSA) is 95.9 Å². The van der Waals surface area contributed by atoms with Gasteiger partial charge in [0.05, 0.1) is 25.4 Å². The van der Waals surface area contributed by atoms with Crippen LogP contribution in [0.3, 0.4) is 0 Å². The van der Waals surface area contributed by atoms with Crippen LogP contribution in [0.15, 0.2) is 48.6 Å². The molecule has 0 fully saturated rings. The van der Waals surface area contributed by atoms with Crippen molar-refractivity contribution in [3.63, 3.8) is 0 Å². The van der Waals surface area contributed by atoms with Crippen LogP contribution in [0.5, 0.6) is 0 Å². The molecule has 6 nitrogen and oxygen atoms in total. The Morgan fingerprint density at radius 3 is 1.23 bits per heavy atom. The Labute approximate surface area is 404 Å². The number of esters is 1. The van der Waals surface area contributed by atoms with Crippen molar-refractivity contribution >= 4 is 11.9 Å². The van der Waals surface area contributed by atoms with E-state index in [0.29, 0.717) is 19.4 Å². The summed E-state index contributed by atoms with van der Waals surface area (Å²) < 4.78 is 5.46. The zero-order chi connectivity index (χ0) is 47.2. The molecule has 0 radical (unpaired) electrons. The largest absolute Gasteiger partial charge is 0.466 e. The van der Waals surface area contributed by atoms with E-state index in [1.807, 2.05) is 6.08 Å². The van der Waals surface area contributed by atoms with Crippen molar-refractivity contribution in [2.24, 2.45) is 0 Å². The van der Waals surface area contributed by atoms with Crippen molar-refractivity contribution in [3.05, 3.63) is 48.6 Å². The Bertz CT molecular complexity index is 1100. The van der Waals surface area contributed by atoms with Crippen molar-refractivity contribution in [1.29, 1.82) is 0 Å². The van der Waals surface area contributed by atoms with Gasteiger partial charge in [0.15, 0.2) is 0 Å². The van der Waals surface area contributed by atoms with E-state index in [1.165, 1.54) is 193 Å². The molecule has 0 saturated heterocycles. The summed E-state index contributed by atoms with van der Waals surface area (Å²) >= 11 is 0. The highest BCUT2D eigenvalue weighted by Gasteiger charge is 2.18. The third kappa shape index (κ3) is 51.1. The fraction of sp³-hybridized carbons (Fsp3) is 0.831. The summed E-state index contributed by atoms with van der Waals surface area (Å²) in [7, 11) is 0. The van der Waals surface area contributed by atoms with E-state index < -0.39 is 12.1 Å². The van der Waals surface area contributed by atoms with Crippen molar-refractivity contribution < 1.29 is 24.5 Å². The van der Waals surface area contributed by atoms with Gasteiger partial charge in [0, 0.05) is 12.8 Å². The average Bonchev–Trinajstić information content (AvgIpc) is 3.31. The molecule has 0 bridgehead atoms. The van der Waals surface area contributed by atoms with Crippen LogP contribution < -0.4 is 5.32 Å². The average molecular weight is 913 g/mol. The number of hydrogen-bond acceptors (Lipinski definition) is 5. The molecule has 3 N–H and O–H groups in total. The van der Waals surface area contributed by atoms with Crippen LogP contribution in [-0.2, 0) is 14.3 Å². The summed E-state index contributed by atoms with van der Waals surface area (Å²) in [4.78, 5) is 24.5. The molecule has 2 atom stereocenters. The van der Waals surface area contributed by atoms with Crippen molar-refractivity contribution in [1.82, 2.24) is 5.32 Å². The third-order valence-corrected chi connectivity index (χ3v) is 12.8. The van der Waals surface area contributed by atoms with Crippen LogP contribution in [0.2, 0.25) is 0 Å². The van der Waals surface area contributed by atoms with Gasteiger partial charge < -0.3 is 20.3 Å². The van der Waals surface area contributed by atoms with Crippen LogP contribution in [0.1, 0.15) is 290 Å². The number of rotatable bonds is 52. The van der Waals surface area contributed by atoms with Crippen LogP contribution in [0, 0.1) is 0 Å². The van der Waals surface area contributed by atoms with Crippen LogP contribution in [-0.4, -0.2) is 47.4 Å². The summed E-state index contributed by atoms with van der Waals surface area (Å²) in [6.07, 6.45) is 68.4. The Hall–Kier alpha value is -2.18. The Balaban J connectivity index is 3.50. The molecule has 0 heterocycles. The summed E-state index contributed by atoms with van der Waals surface area (Å²) in [6.45, 7) is 4.84. The molecule has 6 heteroatoms. The van der Waals surface area contributed by atoms with E-state index in [1.54, 1.807) is 6.08 Å². The predicted octanol–water partition coefficient (Wildman–Crippen LogP) is 17.4. The van der Waals surface area contributed by atoms with E-state index in [2.05, 4.69) is 55.6 Å². The number of allylic oxidation sites excluding steroid dienone is 7. The smallest absolute Gasteiger partial charge is 0.305 e. The van der Waals surface area contributed by atoms with Gasteiger partial charge in [-0.3, -0.25) is 9.59 Å². The molecular weight excluding hydrogens is 803 g/mol. The SMILES string of the molecule is CCCC/C=C\C/C=C\CCCCCCCC(=O)OCCCCCCCCCCC/C=C\CCCCCCCC(=O)NC(CO)C(O)/C=C/CCCCCCCCCCCCCCCC. The molecule has 0 rings (SSSR count). The van der Waals surface area contributed by atoms with Crippen molar-refractivity contribution in [3.8, 4) is 0 Å². The highest BCUT2D eigenvalue weighted by Crippen LogP contribution is 2.16. The second-order valence-electron chi connectivity index (χ2n) is 19.3.